The van der Waals surface area contributed by atoms with Crippen LogP contribution < -0.4 is 11.4 Å². The van der Waals surface area contributed by atoms with Gasteiger partial charge in [0.25, 0.3) is 0 Å². The van der Waals surface area contributed by atoms with Crippen LogP contribution in [0.15, 0.2) is 17.2 Å². The lowest BCUT2D eigenvalue weighted by molar-refractivity contribution is 0.635. The third-order valence-electron chi connectivity index (χ3n) is 2.36. The van der Waals surface area contributed by atoms with Gasteiger partial charge in [0.1, 0.15) is 6.33 Å². The standard InChI is InChI=1S/C9H13N5O/c1-2-6(10)3-7-4-8-12-13-9(15)14(8)5-11-7/h4-6H,2-3,10H2,1H3,(H,13,15). The van der Waals surface area contributed by atoms with Crippen molar-refractivity contribution in [3.8, 4) is 0 Å². The molecule has 3 N–H and O–H groups in total. The van der Waals surface area contributed by atoms with Gasteiger partial charge in [-0.2, -0.15) is 5.10 Å². The van der Waals surface area contributed by atoms with Gasteiger partial charge in [-0.3, -0.25) is 0 Å². The molecule has 1 unspecified atom stereocenters. The molecule has 0 spiro atoms. The predicted molar refractivity (Wildman–Crippen MR) is 55.6 cm³/mol. The summed E-state index contributed by atoms with van der Waals surface area (Å²) in [6, 6.07) is 1.87. The van der Waals surface area contributed by atoms with Crippen LogP contribution in [0, 0.1) is 0 Å². The number of rotatable bonds is 3. The summed E-state index contributed by atoms with van der Waals surface area (Å²) in [5.74, 6) is 0. The Kier molecular flexibility index (Phi) is 2.51. The molecule has 6 nitrogen and oxygen atoms in total. The van der Waals surface area contributed by atoms with E-state index < -0.39 is 0 Å². The summed E-state index contributed by atoms with van der Waals surface area (Å²) < 4.78 is 1.36. The molecule has 0 aromatic carbocycles. The van der Waals surface area contributed by atoms with Crippen LogP contribution in [0.2, 0.25) is 0 Å². The van der Waals surface area contributed by atoms with Crippen molar-refractivity contribution < 1.29 is 0 Å². The minimum Gasteiger partial charge on any atom is -0.327 e. The zero-order valence-electron chi connectivity index (χ0n) is 8.47. The Bertz CT molecular complexity index is 514. The molecular formula is C9H13N5O. The van der Waals surface area contributed by atoms with Gasteiger partial charge in [0, 0.05) is 24.2 Å². The molecule has 0 amide bonds. The molecule has 0 radical (unpaired) electrons. The quantitative estimate of drug-likeness (QED) is 0.723. The van der Waals surface area contributed by atoms with Crippen molar-refractivity contribution in [1.82, 2.24) is 19.6 Å². The number of hydrogen-bond donors (Lipinski definition) is 2. The third kappa shape index (κ3) is 1.89. The minimum atomic E-state index is -0.274. The third-order valence-corrected chi connectivity index (χ3v) is 2.36. The predicted octanol–water partition coefficient (Wildman–Crippen LogP) is -0.303. The first-order valence-corrected chi connectivity index (χ1v) is 4.88. The molecule has 0 saturated heterocycles. The Hall–Kier alpha value is -1.69. The van der Waals surface area contributed by atoms with Crippen LogP contribution in [-0.2, 0) is 6.42 Å². The van der Waals surface area contributed by atoms with Crippen LogP contribution in [0.1, 0.15) is 19.0 Å². The molecule has 0 aliphatic heterocycles. The van der Waals surface area contributed by atoms with Crippen molar-refractivity contribution in [2.75, 3.05) is 0 Å². The highest BCUT2D eigenvalue weighted by atomic mass is 16.1. The van der Waals surface area contributed by atoms with Crippen LogP contribution in [0.3, 0.4) is 0 Å². The molecule has 2 rings (SSSR count). The number of nitrogens with two attached hydrogens (primary N) is 1. The molecule has 0 fully saturated rings. The van der Waals surface area contributed by atoms with Crippen LogP contribution in [0.25, 0.3) is 5.65 Å². The van der Waals surface area contributed by atoms with Crippen LogP contribution in [-0.4, -0.2) is 25.6 Å². The molecule has 6 heteroatoms. The summed E-state index contributed by atoms with van der Waals surface area (Å²) in [4.78, 5) is 15.3. The topological polar surface area (TPSA) is 89.1 Å². The fourth-order valence-electron chi connectivity index (χ4n) is 1.37. The Morgan fingerprint density at radius 3 is 3.20 bits per heavy atom. The lowest BCUT2D eigenvalue weighted by atomic mass is 10.1. The molecule has 1 atom stereocenters. The molecule has 0 bridgehead atoms. The second-order valence-corrected chi connectivity index (χ2v) is 3.51. The van der Waals surface area contributed by atoms with E-state index in [1.165, 1.54) is 10.7 Å². The number of aromatic amines is 1. The highest BCUT2D eigenvalue weighted by molar-refractivity contribution is 5.36. The Morgan fingerprint density at radius 2 is 2.47 bits per heavy atom. The van der Waals surface area contributed by atoms with Gasteiger partial charge in [-0.1, -0.05) is 6.92 Å². The normalized spacial score (nSPS) is 13.2. The Labute approximate surface area is 86.1 Å². The summed E-state index contributed by atoms with van der Waals surface area (Å²) in [7, 11) is 0. The molecular weight excluding hydrogens is 194 g/mol. The van der Waals surface area contributed by atoms with E-state index in [2.05, 4.69) is 15.2 Å². The highest BCUT2D eigenvalue weighted by Crippen LogP contribution is 2.02. The maximum Gasteiger partial charge on any atom is 0.348 e. The first-order chi connectivity index (χ1) is 7.20. The van der Waals surface area contributed by atoms with Gasteiger partial charge in [-0.15, -0.1) is 0 Å². The number of H-pyrrole nitrogens is 1. The number of hydrogen-bond acceptors (Lipinski definition) is 4. The van der Waals surface area contributed by atoms with E-state index >= 15 is 0 Å². The molecule has 0 saturated carbocycles. The van der Waals surface area contributed by atoms with Crippen LogP contribution in [0.4, 0.5) is 0 Å². The van der Waals surface area contributed by atoms with Gasteiger partial charge in [0.05, 0.1) is 0 Å². The Morgan fingerprint density at radius 1 is 1.67 bits per heavy atom. The van der Waals surface area contributed by atoms with Gasteiger partial charge in [0.15, 0.2) is 5.65 Å². The average molecular weight is 207 g/mol. The smallest absolute Gasteiger partial charge is 0.327 e. The first-order valence-electron chi connectivity index (χ1n) is 4.88. The van der Waals surface area contributed by atoms with Crippen molar-refractivity contribution in [2.45, 2.75) is 25.8 Å². The second kappa shape index (κ2) is 3.82. The SMILES string of the molecule is CCC(N)Cc1cc2n[nH]c(=O)n2cn1. The van der Waals surface area contributed by atoms with Gasteiger partial charge in [-0.25, -0.2) is 19.3 Å². The van der Waals surface area contributed by atoms with E-state index in [1.54, 1.807) is 6.07 Å². The second-order valence-electron chi connectivity index (χ2n) is 3.51. The fraction of sp³-hybridized carbons (Fsp3) is 0.444. The van der Waals surface area contributed by atoms with Crippen molar-refractivity contribution >= 4 is 5.65 Å². The van der Waals surface area contributed by atoms with Crippen molar-refractivity contribution in [3.05, 3.63) is 28.6 Å². The molecule has 0 aliphatic carbocycles. The first kappa shape index (κ1) is 9.85. The summed E-state index contributed by atoms with van der Waals surface area (Å²) in [5, 5.41) is 6.21. The number of nitrogens with zero attached hydrogens (tertiary/aromatic N) is 3. The van der Waals surface area contributed by atoms with Gasteiger partial charge in [0.2, 0.25) is 0 Å². The molecule has 0 aliphatic rings. The monoisotopic (exact) mass is 207 g/mol. The molecule has 2 aromatic heterocycles. The Balaban J connectivity index is 2.35. The molecule has 80 valence electrons. The van der Waals surface area contributed by atoms with E-state index in [0.29, 0.717) is 12.1 Å². The zero-order chi connectivity index (χ0) is 10.8. The maximum atomic E-state index is 11.1. The van der Waals surface area contributed by atoms with E-state index in [4.69, 9.17) is 5.73 Å². The maximum absolute atomic E-state index is 11.1. The lowest BCUT2D eigenvalue weighted by Crippen LogP contribution is -2.22. The average Bonchev–Trinajstić information content (AvgIpc) is 2.60. The van der Waals surface area contributed by atoms with Crippen molar-refractivity contribution in [3.63, 3.8) is 0 Å². The van der Waals surface area contributed by atoms with Gasteiger partial charge >= 0.3 is 5.69 Å². The molecule has 15 heavy (non-hydrogen) atoms. The molecule has 2 heterocycles. The van der Waals surface area contributed by atoms with E-state index in [0.717, 1.165) is 12.1 Å². The summed E-state index contributed by atoms with van der Waals surface area (Å²) in [5.41, 5.74) is 6.98. The number of nitrogens with one attached hydrogen (secondary N) is 1. The number of aromatic nitrogens is 4. The van der Waals surface area contributed by atoms with Crippen LogP contribution in [0.5, 0.6) is 0 Å². The van der Waals surface area contributed by atoms with Crippen molar-refractivity contribution in [2.24, 2.45) is 5.73 Å². The van der Waals surface area contributed by atoms with Crippen LogP contribution >= 0.6 is 0 Å². The van der Waals surface area contributed by atoms with Gasteiger partial charge < -0.3 is 5.73 Å². The largest absolute Gasteiger partial charge is 0.348 e. The summed E-state index contributed by atoms with van der Waals surface area (Å²) in [6.45, 7) is 2.03. The fourth-order valence-corrected chi connectivity index (χ4v) is 1.37. The molecule has 2 aromatic rings. The van der Waals surface area contributed by atoms with E-state index in [-0.39, 0.29) is 11.7 Å². The number of fused-ring (bicyclic) bond motifs is 1. The van der Waals surface area contributed by atoms with E-state index in [9.17, 15) is 4.79 Å². The van der Waals surface area contributed by atoms with Crippen molar-refractivity contribution in [1.29, 1.82) is 0 Å². The minimum absolute atomic E-state index is 0.102. The van der Waals surface area contributed by atoms with Gasteiger partial charge in [-0.05, 0) is 6.42 Å². The zero-order valence-corrected chi connectivity index (χ0v) is 8.47. The highest BCUT2D eigenvalue weighted by Gasteiger charge is 2.05. The lowest BCUT2D eigenvalue weighted by Gasteiger charge is -2.06. The summed E-state index contributed by atoms with van der Waals surface area (Å²) >= 11 is 0. The van der Waals surface area contributed by atoms with E-state index in [1.807, 2.05) is 6.92 Å². The summed E-state index contributed by atoms with van der Waals surface area (Å²) in [6.07, 6.45) is 3.08.